The molecule has 1 N–H and O–H groups in total. The lowest BCUT2D eigenvalue weighted by molar-refractivity contribution is -0.146. The van der Waals surface area contributed by atoms with E-state index in [2.05, 4.69) is 5.10 Å². The largest absolute Gasteiger partial charge is 0.497 e. The third-order valence-electron chi connectivity index (χ3n) is 4.42. The van der Waals surface area contributed by atoms with Gasteiger partial charge in [-0.1, -0.05) is 23.7 Å². The zero-order valence-electron chi connectivity index (χ0n) is 15.4. The molecule has 1 aromatic heterocycles. The van der Waals surface area contributed by atoms with Crippen LogP contribution in [0.5, 0.6) is 5.75 Å². The number of hydrogen-bond acceptors (Lipinski definition) is 3. The number of carboxylic acid groups (broad SMARTS) is 1. The maximum atomic E-state index is 11.5. The second kappa shape index (κ2) is 7.45. The van der Waals surface area contributed by atoms with E-state index >= 15 is 0 Å². The van der Waals surface area contributed by atoms with E-state index in [1.807, 2.05) is 59.3 Å². The van der Waals surface area contributed by atoms with Gasteiger partial charge >= 0.3 is 5.97 Å². The molecule has 0 amide bonds. The number of aromatic nitrogens is 2. The number of ether oxygens (including phenoxy) is 1. The van der Waals surface area contributed by atoms with Crippen molar-refractivity contribution in [3.05, 3.63) is 65.3 Å². The van der Waals surface area contributed by atoms with E-state index in [4.69, 9.17) is 16.3 Å². The van der Waals surface area contributed by atoms with Crippen molar-refractivity contribution in [1.29, 1.82) is 0 Å². The molecule has 0 aliphatic rings. The Balaban J connectivity index is 2.08. The highest BCUT2D eigenvalue weighted by Crippen LogP contribution is 2.29. The van der Waals surface area contributed by atoms with Crippen molar-refractivity contribution >= 4 is 17.6 Å². The third kappa shape index (κ3) is 4.14. The number of carbonyl (C=O) groups is 1. The highest BCUT2D eigenvalue weighted by molar-refractivity contribution is 6.30. The van der Waals surface area contributed by atoms with E-state index in [9.17, 15) is 9.90 Å². The van der Waals surface area contributed by atoms with Gasteiger partial charge in [-0.25, -0.2) is 4.68 Å². The van der Waals surface area contributed by atoms with E-state index < -0.39 is 11.4 Å². The van der Waals surface area contributed by atoms with Crippen molar-refractivity contribution < 1.29 is 14.6 Å². The molecule has 0 spiro atoms. The van der Waals surface area contributed by atoms with Crippen molar-refractivity contribution in [2.45, 2.75) is 20.3 Å². The number of rotatable bonds is 6. The average molecular weight is 385 g/mol. The summed E-state index contributed by atoms with van der Waals surface area (Å²) in [5, 5.41) is 14.8. The smallest absolute Gasteiger partial charge is 0.309 e. The molecule has 0 unspecified atom stereocenters. The Morgan fingerprint density at radius 1 is 1.15 bits per heavy atom. The lowest BCUT2D eigenvalue weighted by Crippen LogP contribution is -2.26. The molecule has 0 saturated carbocycles. The predicted octanol–water partition coefficient (Wildman–Crippen LogP) is 4.85. The van der Waals surface area contributed by atoms with E-state index in [0.29, 0.717) is 17.1 Å². The molecule has 0 aliphatic heterocycles. The molecule has 0 bridgehead atoms. The zero-order chi connectivity index (χ0) is 19.6. The van der Waals surface area contributed by atoms with Crippen molar-refractivity contribution in [1.82, 2.24) is 9.78 Å². The zero-order valence-corrected chi connectivity index (χ0v) is 16.2. The van der Waals surface area contributed by atoms with Gasteiger partial charge in [0, 0.05) is 17.0 Å². The van der Waals surface area contributed by atoms with Crippen LogP contribution in [-0.2, 0) is 11.2 Å². The number of hydrogen-bond donors (Lipinski definition) is 1. The Labute approximate surface area is 163 Å². The van der Waals surface area contributed by atoms with Crippen molar-refractivity contribution in [3.8, 4) is 22.7 Å². The minimum Gasteiger partial charge on any atom is -0.497 e. The number of benzene rings is 2. The van der Waals surface area contributed by atoms with Crippen LogP contribution in [0.4, 0.5) is 0 Å². The van der Waals surface area contributed by atoms with Crippen LogP contribution < -0.4 is 4.74 Å². The molecule has 2 aromatic carbocycles. The highest BCUT2D eigenvalue weighted by Gasteiger charge is 2.29. The molecular weight excluding hydrogens is 364 g/mol. The Kier molecular flexibility index (Phi) is 5.24. The molecule has 0 radical (unpaired) electrons. The molecule has 3 aromatic rings. The van der Waals surface area contributed by atoms with E-state index in [0.717, 1.165) is 22.7 Å². The minimum absolute atomic E-state index is 0.325. The second-order valence-corrected chi connectivity index (χ2v) is 7.44. The van der Waals surface area contributed by atoms with Crippen LogP contribution in [0.3, 0.4) is 0 Å². The topological polar surface area (TPSA) is 64.4 Å². The van der Waals surface area contributed by atoms with Gasteiger partial charge in [0.2, 0.25) is 0 Å². The van der Waals surface area contributed by atoms with Crippen LogP contribution in [0.1, 0.15) is 19.5 Å². The molecule has 5 nitrogen and oxygen atoms in total. The van der Waals surface area contributed by atoms with Gasteiger partial charge in [-0.3, -0.25) is 4.79 Å². The van der Waals surface area contributed by atoms with Gasteiger partial charge in [0.05, 0.1) is 29.6 Å². The number of carboxylic acids is 1. The Hall–Kier alpha value is -2.79. The fourth-order valence-corrected chi connectivity index (χ4v) is 2.92. The quantitative estimate of drug-likeness (QED) is 0.659. The van der Waals surface area contributed by atoms with Crippen LogP contribution in [-0.4, -0.2) is 28.0 Å². The first-order valence-electron chi connectivity index (χ1n) is 8.53. The number of aliphatic carboxylic acids is 1. The lowest BCUT2D eigenvalue weighted by atomic mass is 9.88. The van der Waals surface area contributed by atoms with Crippen LogP contribution in [0, 0.1) is 5.41 Å². The Bertz CT molecular complexity index is 945. The summed E-state index contributed by atoms with van der Waals surface area (Å²) in [6.07, 6.45) is 0.325. The maximum Gasteiger partial charge on any atom is 0.309 e. The van der Waals surface area contributed by atoms with Crippen LogP contribution in [0.25, 0.3) is 16.9 Å². The average Bonchev–Trinajstić information content (AvgIpc) is 3.05. The van der Waals surface area contributed by atoms with Gasteiger partial charge < -0.3 is 9.84 Å². The van der Waals surface area contributed by atoms with Crippen LogP contribution >= 0.6 is 11.6 Å². The van der Waals surface area contributed by atoms with Gasteiger partial charge in [0.15, 0.2) is 0 Å². The van der Waals surface area contributed by atoms with Gasteiger partial charge in [-0.05, 0) is 56.3 Å². The molecule has 0 atom stereocenters. The summed E-state index contributed by atoms with van der Waals surface area (Å²) >= 11 is 6.01. The first kappa shape index (κ1) is 19.0. The van der Waals surface area contributed by atoms with Gasteiger partial charge in [-0.2, -0.15) is 5.10 Å². The van der Waals surface area contributed by atoms with E-state index in [1.165, 1.54) is 0 Å². The highest BCUT2D eigenvalue weighted by atomic mass is 35.5. The molecule has 0 saturated heterocycles. The van der Waals surface area contributed by atoms with Crippen molar-refractivity contribution in [2.75, 3.05) is 7.11 Å². The Morgan fingerprint density at radius 3 is 2.33 bits per heavy atom. The maximum absolute atomic E-state index is 11.5. The van der Waals surface area contributed by atoms with E-state index in [-0.39, 0.29) is 0 Å². The molecule has 140 valence electrons. The molecule has 27 heavy (non-hydrogen) atoms. The number of methoxy groups -OCH3 is 1. The molecule has 0 fully saturated rings. The van der Waals surface area contributed by atoms with Gasteiger partial charge in [0.25, 0.3) is 0 Å². The van der Waals surface area contributed by atoms with Gasteiger partial charge in [0.1, 0.15) is 5.75 Å². The standard InChI is InChI=1S/C21H21ClN2O3/c1-21(2,20(25)26)13-16-12-19(14-4-6-15(22)7-5-14)24(23-16)17-8-10-18(27-3)11-9-17/h4-12H,13H2,1-3H3,(H,25,26). The van der Waals surface area contributed by atoms with E-state index in [1.54, 1.807) is 21.0 Å². The summed E-state index contributed by atoms with van der Waals surface area (Å²) in [4.78, 5) is 11.5. The van der Waals surface area contributed by atoms with Crippen LogP contribution in [0.2, 0.25) is 5.02 Å². The number of nitrogens with zero attached hydrogens (tertiary/aromatic N) is 2. The fourth-order valence-electron chi connectivity index (χ4n) is 2.79. The SMILES string of the molecule is COc1ccc(-n2nc(CC(C)(C)C(=O)O)cc2-c2ccc(Cl)cc2)cc1. The molecule has 6 heteroatoms. The summed E-state index contributed by atoms with van der Waals surface area (Å²) in [5.41, 5.74) is 2.48. The first-order chi connectivity index (χ1) is 12.8. The van der Waals surface area contributed by atoms with Gasteiger partial charge in [-0.15, -0.1) is 0 Å². The van der Waals surface area contributed by atoms with Crippen molar-refractivity contribution in [3.63, 3.8) is 0 Å². The third-order valence-corrected chi connectivity index (χ3v) is 4.67. The van der Waals surface area contributed by atoms with Crippen LogP contribution in [0.15, 0.2) is 54.6 Å². The molecule has 0 aliphatic carbocycles. The Morgan fingerprint density at radius 2 is 1.78 bits per heavy atom. The second-order valence-electron chi connectivity index (χ2n) is 7.00. The monoisotopic (exact) mass is 384 g/mol. The summed E-state index contributed by atoms with van der Waals surface area (Å²) < 4.78 is 7.04. The molecule has 1 heterocycles. The summed E-state index contributed by atoms with van der Waals surface area (Å²) in [5.74, 6) is -0.0966. The predicted molar refractivity (Wildman–Crippen MR) is 106 cm³/mol. The number of halogens is 1. The summed E-state index contributed by atoms with van der Waals surface area (Å²) in [6, 6.07) is 17.0. The first-order valence-corrected chi connectivity index (χ1v) is 8.91. The molecular formula is C21H21ClN2O3. The normalized spacial score (nSPS) is 11.4. The summed E-state index contributed by atoms with van der Waals surface area (Å²) in [6.45, 7) is 3.40. The lowest BCUT2D eigenvalue weighted by Gasteiger charge is -2.16. The molecule has 3 rings (SSSR count). The fraction of sp³-hybridized carbons (Fsp3) is 0.238. The minimum atomic E-state index is -0.906. The summed E-state index contributed by atoms with van der Waals surface area (Å²) in [7, 11) is 1.62. The van der Waals surface area contributed by atoms with Crippen molar-refractivity contribution in [2.24, 2.45) is 5.41 Å².